The minimum absolute atomic E-state index is 0.0288. The first kappa shape index (κ1) is 14.7. The van der Waals surface area contributed by atoms with E-state index in [4.69, 9.17) is 0 Å². The fourth-order valence-corrected chi connectivity index (χ4v) is 2.42. The van der Waals surface area contributed by atoms with Crippen molar-refractivity contribution < 1.29 is 0 Å². The second-order valence-corrected chi connectivity index (χ2v) is 5.91. The molecule has 2 rings (SSSR count). The van der Waals surface area contributed by atoms with Crippen LogP contribution in [-0.2, 0) is 11.8 Å². The molecule has 1 N–H and O–H groups in total. The molecule has 0 bridgehead atoms. The van der Waals surface area contributed by atoms with Gasteiger partial charge in [-0.15, -0.1) is 0 Å². The molecule has 0 atom stereocenters. The SMILES string of the molecule is CCCc1cccc(-c2n[nH]c(C(C)(C)CCC)n2)n1. The molecule has 0 aliphatic carbocycles. The topological polar surface area (TPSA) is 54.5 Å². The summed E-state index contributed by atoms with van der Waals surface area (Å²) >= 11 is 0. The molecule has 0 spiro atoms. The van der Waals surface area contributed by atoms with Crippen LogP contribution in [0.3, 0.4) is 0 Å². The third-order valence-electron chi connectivity index (χ3n) is 3.54. The molecule has 0 unspecified atom stereocenters. The molecule has 0 radical (unpaired) electrons. The summed E-state index contributed by atoms with van der Waals surface area (Å²) in [6, 6.07) is 6.06. The third-order valence-corrected chi connectivity index (χ3v) is 3.54. The van der Waals surface area contributed by atoms with Crippen molar-refractivity contribution in [2.75, 3.05) is 0 Å². The van der Waals surface area contributed by atoms with E-state index >= 15 is 0 Å². The minimum Gasteiger partial charge on any atom is -0.262 e. The van der Waals surface area contributed by atoms with Crippen molar-refractivity contribution in [2.45, 2.75) is 58.8 Å². The highest BCUT2D eigenvalue weighted by Gasteiger charge is 2.24. The van der Waals surface area contributed by atoms with Gasteiger partial charge in [0, 0.05) is 11.1 Å². The normalized spacial score (nSPS) is 11.8. The van der Waals surface area contributed by atoms with Gasteiger partial charge in [-0.2, -0.15) is 5.10 Å². The summed E-state index contributed by atoms with van der Waals surface area (Å²) in [5, 5.41) is 7.42. The number of aryl methyl sites for hydroxylation is 1. The van der Waals surface area contributed by atoms with Gasteiger partial charge < -0.3 is 0 Å². The van der Waals surface area contributed by atoms with E-state index in [1.54, 1.807) is 0 Å². The van der Waals surface area contributed by atoms with Crippen LogP contribution in [0.2, 0.25) is 0 Å². The van der Waals surface area contributed by atoms with E-state index in [2.05, 4.69) is 53.9 Å². The van der Waals surface area contributed by atoms with Crippen LogP contribution >= 0.6 is 0 Å². The Hall–Kier alpha value is -1.71. The molecule has 4 heteroatoms. The fourth-order valence-electron chi connectivity index (χ4n) is 2.42. The lowest BCUT2D eigenvalue weighted by molar-refractivity contribution is 0.446. The van der Waals surface area contributed by atoms with Gasteiger partial charge in [-0.25, -0.2) is 9.97 Å². The van der Waals surface area contributed by atoms with Gasteiger partial charge in [-0.1, -0.05) is 46.6 Å². The van der Waals surface area contributed by atoms with E-state index in [1.165, 1.54) is 0 Å². The Bertz CT molecular complexity index is 557. The predicted molar refractivity (Wildman–Crippen MR) is 81.5 cm³/mol. The van der Waals surface area contributed by atoms with Gasteiger partial charge in [0.05, 0.1) is 0 Å². The zero-order valence-electron chi connectivity index (χ0n) is 12.9. The van der Waals surface area contributed by atoms with Crippen molar-refractivity contribution in [2.24, 2.45) is 0 Å². The number of rotatable bonds is 6. The van der Waals surface area contributed by atoms with Gasteiger partial charge in [0.2, 0.25) is 0 Å². The van der Waals surface area contributed by atoms with Crippen molar-refractivity contribution in [3.8, 4) is 11.5 Å². The molecule has 0 saturated heterocycles. The number of nitrogens with one attached hydrogen (secondary N) is 1. The number of hydrogen-bond acceptors (Lipinski definition) is 3. The summed E-state index contributed by atoms with van der Waals surface area (Å²) in [5.41, 5.74) is 1.98. The summed E-state index contributed by atoms with van der Waals surface area (Å²) in [6.07, 6.45) is 4.31. The summed E-state index contributed by atoms with van der Waals surface area (Å²) < 4.78 is 0. The number of hydrogen-bond donors (Lipinski definition) is 1. The average Bonchev–Trinajstić information content (AvgIpc) is 2.90. The number of pyridine rings is 1. The molecular formula is C16H24N4. The molecule has 0 aliphatic rings. The second kappa shape index (κ2) is 6.16. The maximum absolute atomic E-state index is 4.64. The summed E-state index contributed by atoms with van der Waals surface area (Å²) in [4.78, 5) is 9.27. The van der Waals surface area contributed by atoms with Gasteiger partial charge >= 0.3 is 0 Å². The van der Waals surface area contributed by atoms with E-state index in [9.17, 15) is 0 Å². The van der Waals surface area contributed by atoms with Crippen LogP contribution in [-0.4, -0.2) is 20.2 Å². The highest BCUT2D eigenvalue weighted by Crippen LogP contribution is 2.26. The number of aromatic amines is 1. The minimum atomic E-state index is 0.0288. The molecule has 2 aromatic heterocycles. The van der Waals surface area contributed by atoms with E-state index < -0.39 is 0 Å². The molecule has 2 heterocycles. The Morgan fingerprint density at radius 3 is 2.60 bits per heavy atom. The van der Waals surface area contributed by atoms with Crippen LogP contribution in [0.15, 0.2) is 18.2 Å². The third kappa shape index (κ3) is 3.24. The van der Waals surface area contributed by atoms with E-state index in [1.807, 2.05) is 12.1 Å². The van der Waals surface area contributed by atoms with Crippen molar-refractivity contribution >= 4 is 0 Å². The van der Waals surface area contributed by atoms with Crippen molar-refractivity contribution in [1.82, 2.24) is 20.2 Å². The van der Waals surface area contributed by atoms with E-state index in [0.717, 1.165) is 42.9 Å². The highest BCUT2D eigenvalue weighted by atomic mass is 15.2. The Morgan fingerprint density at radius 2 is 1.90 bits per heavy atom. The molecule has 0 saturated carbocycles. The summed E-state index contributed by atoms with van der Waals surface area (Å²) in [7, 11) is 0. The fraction of sp³-hybridized carbons (Fsp3) is 0.562. The molecule has 2 aromatic rings. The molecule has 20 heavy (non-hydrogen) atoms. The predicted octanol–water partition coefficient (Wildman–Crippen LogP) is 3.90. The maximum Gasteiger partial charge on any atom is 0.199 e. The van der Waals surface area contributed by atoms with Crippen LogP contribution in [0.5, 0.6) is 0 Å². The van der Waals surface area contributed by atoms with Gasteiger partial charge in [-0.3, -0.25) is 5.10 Å². The highest BCUT2D eigenvalue weighted by molar-refractivity contribution is 5.48. The van der Waals surface area contributed by atoms with Crippen molar-refractivity contribution in [3.63, 3.8) is 0 Å². The van der Waals surface area contributed by atoms with Crippen molar-refractivity contribution in [3.05, 3.63) is 29.7 Å². The van der Waals surface area contributed by atoms with Gasteiger partial charge in [-0.05, 0) is 25.0 Å². The first-order valence-corrected chi connectivity index (χ1v) is 7.46. The monoisotopic (exact) mass is 272 g/mol. The molecular weight excluding hydrogens is 248 g/mol. The zero-order chi connectivity index (χ0) is 14.6. The Kier molecular flexibility index (Phi) is 4.53. The molecule has 0 amide bonds. The summed E-state index contributed by atoms with van der Waals surface area (Å²) in [6.45, 7) is 8.74. The zero-order valence-corrected chi connectivity index (χ0v) is 12.9. The average molecular weight is 272 g/mol. The number of H-pyrrole nitrogens is 1. The van der Waals surface area contributed by atoms with E-state index in [-0.39, 0.29) is 5.41 Å². The lowest BCUT2D eigenvalue weighted by Gasteiger charge is -2.20. The lowest BCUT2D eigenvalue weighted by atomic mass is 9.87. The largest absolute Gasteiger partial charge is 0.262 e. The van der Waals surface area contributed by atoms with Gasteiger partial charge in [0.25, 0.3) is 0 Å². The van der Waals surface area contributed by atoms with Crippen molar-refractivity contribution in [1.29, 1.82) is 0 Å². The molecule has 4 nitrogen and oxygen atoms in total. The van der Waals surface area contributed by atoms with Crippen LogP contribution < -0.4 is 0 Å². The van der Waals surface area contributed by atoms with Crippen LogP contribution in [0.1, 0.15) is 58.5 Å². The van der Waals surface area contributed by atoms with Gasteiger partial charge in [0.1, 0.15) is 11.5 Å². The molecule has 0 fully saturated rings. The first-order valence-electron chi connectivity index (χ1n) is 7.46. The molecule has 108 valence electrons. The molecule has 0 aliphatic heterocycles. The van der Waals surface area contributed by atoms with E-state index in [0.29, 0.717) is 5.82 Å². The Morgan fingerprint density at radius 1 is 1.10 bits per heavy atom. The lowest BCUT2D eigenvalue weighted by Crippen LogP contribution is -2.18. The first-order chi connectivity index (χ1) is 9.56. The number of aromatic nitrogens is 4. The maximum atomic E-state index is 4.64. The van der Waals surface area contributed by atoms with Crippen LogP contribution in [0.25, 0.3) is 11.5 Å². The van der Waals surface area contributed by atoms with Crippen LogP contribution in [0, 0.1) is 0 Å². The van der Waals surface area contributed by atoms with Gasteiger partial charge in [0.15, 0.2) is 5.82 Å². The second-order valence-electron chi connectivity index (χ2n) is 5.91. The summed E-state index contributed by atoms with van der Waals surface area (Å²) in [5.74, 6) is 1.64. The smallest absolute Gasteiger partial charge is 0.199 e. The Labute approximate surface area is 121 Å². The van der Waals surface area contributed by atoms with Crippen LogP contribution in [0.4, 0.5) is 0 Å². The molecule has 0 aromatic carbocycles. The number of nitrogens with zero attached hydrogens (tertiary/aromatic N) is 3. The quantitative estimate of drug-likeness (QED) is 0.867. The standard InChI is InChI=1S/C16H24N4/c1-5-8-12-9-7-10-13(17-12)14-18-15(20-19-14)16(3,4)11-6-2/h7,9-10H,5-6,8,11H2,1-4H3,(H,18,19,20). The Balaban J connectivity index is 2.26.